The fraction of sp³-hybridized carbons (Fsp3) is 0.0714. The van der Waals surface area contributed by atoms with E-state index in [-0.39, 0.29) is 5.75 Å². The van der Waals surface area contributed by atoms with Crippen molar-refractivity contribution in [1.29, 1.82) is 0 Å². The predicted octanol–water partition coefficient (Wildman–Crippen LogP) is 2.96. The molecule has 0 aliphatic rings. The molecule has 0 unspecified atom stereocenters. The number of aromatic hydroxyl groups is 1. The summed E-state index contributed by atoms with van der Waals surface area (Å²) in [6.07, 6.45) is 0. The van der Waals surface area contributed by atoms with E-state index in [1.165, 1.54) is 0 Å². The zero-order valence-corrected chi connectivity index (χ0v) is 9.23. The number of aryl methyl sites for hydroxylation is 1. The van der Waals surface area contributed by atoms with Gasteiger partial charge in [-0.15, -0.1) is 0 Å². The second-order valence-corrected chi connectivity index (χ2v) is 4.02. The molecule has 1 aromatic heterocycles. The minimum atomic E-state index is -0.410. The third-order valence-corrected chi connectivity index (χ3v) is 3.02. The highest BCUT2D eigenvalue weighted by Gasteiger charge is 2.11. The number of para-hydroxylation sites is 1. The Morgan fingerprint density at radius 1 is 1.06 bits per heavy atom. The van der Waals surface area contributed by atoms with Gasteiger partial charge in [0.25, 0.3) is 0 Å². The normalized spacial score (nSPS) is 11.1. The predicted molar refractivity (Wildman–Crippen MR) is 66.4 cm³/mol. The van der Waals surface area contributed by atoms with Gasteiger partial charge in [0.15, 0.2) is 0 Å². The van der Waals surface area contributed by atoms with Crippen LogP contribution in [0.1, 0.15) is 5.56 Å². The number of rotatable bonds is 0. The molecule has 84 valence electrons. The molecule has 2 aromatic carbocycles. The molecule has 0 aliphatic carbocycles. The lowest BCUT2D eigenvalue weighted by atomic mass is 10.0. The molecule has 3 aromatic rings. The van der Waals surface area contributed by atoms with Gasteiger partial charge in [-0.05, 0) is 25.1 Å². The molecule has 0 atom stereocenters. The molecule has 0 spiro atoms. The second-order valence-electron chi connectivity index (χ2n) is 4.02. The lowest BCUT2D eigenvalue weighted by Crippen LogP contribution is -2.01. The molecule has 17 heavy (non-hydrogen) atoms. The van der Waals surface area contributed by atoms with Crippen molar-refractivity contribution in [3.8, 4) is 5.75 Å². The molecule has 0 saturated carbocycles. The zero-order chi connectivity index (χ0) is 12.0. The van der Waals surface area contributed by atoms with Crippen LogP contribution in [0.3, 0.4) is 0 Å². The average molecular weight is 226 g/mol. The maximum atomic E-state index is 11.9. The molecule has 0 fully saturated rings. The van der Waals surface area contributed by atoms with Gasteiger partial charge < -0.3 is 9.52 Å². The maximum absolute atomic E-state index is 11.9. The quantitative estimate of drug-likeness (QED) is 0.473. The van der Waals surface area contributed by atoms with Crippen LogP contribution in [-0.2, 0) is 0 Å². The Labute approximate surface area is 96.9 Å². The first-order valence-corrected chi connectivity index (χ1v) is 5.32. The fourth-order valence-corrected chi connectivity index (χ4v) is 2.12. The fourth-order valence-electron chi connectivity index (χ4n) is 2.12. The SMILES string of the molecule is Cc1c(O)ccc2c1c(=O)oc1ccccc12. The van der Waals surface area contributed by atoms with Gasteiger partial charge in [-0.1, -0.05) is 18.2 Å². The number of phenols is 1. The van der Waals surface area contributed by atoms with Crippen molar-refractivity contribution in [1.82, 2.24) is 0 Å². The van der Waals surface area contributed by atoms with Gasteiger partial charge in [-0.3, -0.25) is 0 Å². The van der Waals surface area contributed by atoms with Crippen molar-refractivity contribution < 1.29 is 9.52 Å². The van der Waals surface area contributed by atoms with Crippen molar-refractivity contribution in [2.24, 2.45) is 0 Å². The van der Waals surface area contributed by atoms with Crippen LogP contribution in [0.4, 0.5) is 0 Å². The standard InChI is InChI=1S/C14H10O3/c1-8-11(15)7-6-10-9-4-2-3-5-12(9)17-14(16)13(8)10/h2-7,15H,1H3. The molecule has 1 N–H and O–H groups in total. The molecule has 0 aliphatic heterocycles. The van der Waals surface area contributed by atoms with Gasteiger partial charge in [0.1, 0.15) is 11.3 Å². The lowest BCUT2D eigenvalue weighted by Gasteiger charge is -2.05. The first-order valence-electron chi connectivity index (χ1n) is 5.32. The Balaban J connectivity index is 2.68. The Kier molecular flexibility index (Phi) is 1.95. The third kappa shape index (κ3) is 1.32. The van der Waals surface area contributed by atoms with E-state index in [9.17, 15) is 9.90 Å². The first-order chi connectivity index (χ1) is 8.18. The van der Waals surface area contributed by atoms with Crippen LogP contribution in [0, 0.1) is 6.92 Å². The van der Waals surface area contributed by atoms with Crippen LogP contribution in [0.2, 0.25) is 0 Å². The molecule has 1 heterocycles. The summed E-state index contributed by atoms with van der Waals surface area (Å²) in [5, 5.41) is 11.8. The minimum absolute atomic E-state index is 0.111. The summed E-state index contributed by atoms with van der Waals surface area (Å²) in [6.45, 7) is 1.71. The molecular formula is C14H10O3. The monoisotopic (exact) mass is 226 g/mol. The minimum Gasteiger partial charge on any atom is -0.508 e. The Morgan fingerprint density at radius 3 is 2.65 bits per heavy atom. The molecular weight excluding hydrogens is 216 g/mol. The average Bonchev–Trinajstić information content (AvgIpc) is 2.33. The number of fused-ring (bicyclic) bond motifs is 3. The van der Waals surface area contributed by atoms with Crippen LogP contribution >= 0.6 is 0 Å². The number of phenolic OH excluding ortho intramolecular Hbond substituents is 1. The topological polar surface area (TPSA) is 50.4 Å². The Morgan fingerprint density at radius 2 is 1.82 bits per heavy atom. The summed E-state index contributed by atoms with van der Waals surface area (Å²) in [4.78, 5) is 11.9. The summed E-state index contributed by atoms with van der Waals surface area (Å²) in [5.41, 5.74) is 0.712. The molecule has 0 saturated heterocycles. The van der Waals surface area contributed by atoms with E-state index in [1.54, 1.807) is 25.1 Å². The molecule has 0 amide bonds. The molecule has 0 radical (unpaired) electrons. The maximum Gasteiger partial charge on any atom is 0.344 e. The largest absolute Gasteiger partial charge is 0.508 e. The number of hydrogen-bond acceptors (Lipinski definition) is 3. The smallest absolute Gasteiger partial charge is 0.344 e. The number of benzene rings is 2. The van der Waals surface area contributed by atoms with E-state index >= 15 is 0 Å². The van der Waals surface area contributed by atoms with Gasteiger partial charge in [0, 0.05) is 16.3 Å². The van der Waals surface area contributed by atoms with E-state index in [2.05, 4.69) is 0 Å². The summed E-state index contributed by atoms with van der Waals surface area (Å²) in [7, 11) is 0. The summed E-state index contributed by atoms with van der Waals surface area (Å²) in [6, 6.07) is 10.7. The first kappa shape index (κ1) is 9.90. The van der Waals surface area contributed by atoms with Crippen LogP contribution in [0.15, 0.2) is 45.6 Å². The van der Waals surface area contributed by atoms with Crippen LogP contribution < -0.4 is 5.63 Å². The highest BCUT2D eigenvalue weighted by molar-refractivity contribution is 6.05. The zero-order valence-electron chi connectivity index (χ0n) is 9.23. The lowest BCUT2D eigenvalue weighted by molar-refractivity contribution is 0.471. The summed E-state index contributed by atoms with van der Waals surface area (Å²) >= 11 is 0. The van der Waals surface area contributed by atoms with E-state index in [0.29, 0.717) is 16.5 Å². The summed E-state index contributed by atoms with van der Waals surface area (Å²) in [5.74, 6) is 0.111. The van der Waals surface area contributed by atoms with Crippen molar-refractivity contribution >= 4 is 21.7 Å². The molecule has 3 rings (SSSR count). The van der Waals surface area contributed by atoms with Crippen molar-refractivity contribution in [3.63, 3.8) is 0 Å². The summed E-state index contributed by atoms with van der Waals surface area (Å²) < 4.78 is 5.24. The van der Waals surface area contributed by atoms with Gasteiger partial charge in [-0.2, -0.15) is 0 Å². The van der Waals surface area contributed by atoms with Gasteiger partial charge in [0.05, 0.1) is 5.39 Å². The van der Waals surface area contributed by atoms with Crippen LogP contribution in [0.5, 0.6) is 5.75 Å². The van der Waals surface area contributed by atoms with Crippen molar-refractivity contribution in [2.75, 3.05) is 0 Å². The van der Waals surface area contributed by atoms with Crippen molar-refractivity contribution in [2.45, 2.75) is 6.92 Å². The molecule has 0 bridgehead atoms. The van der Waals surface area contributed by atoms with E-state index < -0.39 is 5.63 Å². The van der Waals surface area contributed by atoms with Gasteiger partial charge in [-0.25, -0.2) is 4.79 Å². The van der Waals surface area contributed by atoms with Gasteiger partial charge in [0.2, 0.25) is 0 Å². The Bertz CT molecular complexity index is 784. The number of hydrogen-bond donors (Lipinski definition) is 1. The van der Waals surface area contributed by atoms with E-state index in [0.717, 1.165) is 10.8 Å². The highest BCUT2D eigenvalue weighted by atomic mass is 16.4. The third-order valence-electron chi connectivity index (χ3n) is 3.02. The molecule has 3 heteroatoms. The Hall–Kier alpha value is -2.29. The van der Waals surface area contributed by atoms with Crippen LogP contribution in [-0.4, -0.2) is 5.11 Å². The van der Waals surface area contributed by atoms with E-state index in [1.807, 2.05) is 18.2 Å². The second kappa shape index (κ2) is 3.35. The highest BCUT2D eigenvalue weighted by Crippen LogP contribution is 2.28. The van der Waals surface area contributed by atoms with Gasteiger partial charge >= 0.3 is 5.63 Å². The van der Waals surface area contributed by atoms with E-state index in [4.69, 9.17) is 4.42 Å². The molecule has 3 nitrogen and oxygen atoms in total. The van der Waals surface area contributed by atoms with Crippen LogP contribution in [0.25, 0.3) is 21.7 Å². The van der Waals surface area contributed by atoms with Crippen molar-refractivity contribution in [3.05, 3.63) is 52.4 Å².